The van der Waals surface area contributed by atoms with Crippen molar-refractivity contribution in [3.05, 3.63) is 65.4 Å². The molecule has 37 heavy (non-hydrogen) atoms. The summed E-state index contributed by atoms with van der Waals surface area (Å²) in [6.07, 6.45) is -0.580. The molecule has 192 valence electrons. The molecule has 1 aliphatic rings. The number of carbonyl (C=O) groups excluding carboxylic acids is 1. The van der Waals surface area contributed by atoms with Gasteiger partial charge in [0, 0.05) is 28.6 Å². The molecule has 0 radical (unpaired) electrons. The molecule has 4 rings (SSSR count). The number of ether oxygens (including phenoxy) is 4. The van der Waals surface area contributed by atoms with Crippen LogP contribution < -0.4 is 10.1 Å². The van der Waals surface area contributed by atoms with Gasteiger partial charge in [-0.1, -0.05) is 17.8 Å². The van der Waals surface area contributed by atoms with E-state index in [1.54, 1.807) is 27.9 Å². The number of fused-ring (bicyclic) bond motifs is 1. The number of carbonyl (C=O) groups is 1. The summed E-state index contributed by atoms with van der Waals surface area (Å²) in [5.74, 6) is 13.0. The number of nitrogens with one attached hydrogen (secondary N) is 1. The maximum Gasteiger partial charge on any atom is 0.409 e. The number of methoxy groups -OCH3 is 1. The van der Waals surface area contributed by atoms with E-state index in [1.807, 2.05) is 62.4 Å². The summed E-state index contributed by atoms with van der Waals surface area (Å²) in [4.78, 5) is 12.5. The van der Waals surface area contributed by atoms with E-state index in [1.165, 1.54) is 0 Å². The second-order valence-corrected chi connectivity index (χ2v) is 10.3. The molecular weight excluding hydrogens is 470 g/mol. The minimum atomic E-state index is -1.04. The summed E-state index contributed by atoms with van der Waals surface area (Å²) < 4.78 is 28.1. The van der Waals surface area contributed by atoms with Gasteiger partial charge in [-0.05, 0) is 76.9 Å². The summed E-state index contributed by atoms with van der Waals surface area (Å²) in [5.41, 5.74) is 0.621. The van der Waals surface area contributed by atoms with E-state index in [-0.39, 0.29) is 13.2 Å². The lowest BCUT2D eigenvalue weighted by molar-refractivity contribution is -0.262. The van der Waals surface area contributed by atoms with Crippen LogP contribution in [0.3, 0.4) is 0 Å². The summed E-state index contributed by atoms with van der Waals surface area (Å²) in [5, 5.41) is 3.80. The number of rotatable bonds is 2. The number of hydrogen-bond donors (Lipinski definition) is 1. The standard InChI is InChI=1S/C30H31NO6/c1-28(2,3)37-27(32)31-30(19-34-29(4,5)35-20-30)16-15-22-9-7-21(8-10-22)11-13-25-17-23-12-14-24(33-6)18-26(23)36-25/h7-10,12,14,17-18H,19-20H2,1-6H3,(H,31,32). The van der Waals surface area contributed by atoms with Gasteiger partial charge in [-0.25, -0.2) is 4.79 Å². The number of alkyl carbamates (subject to hydrolysis) is 1. The van der Waals surface area contributed by atoms with Crippen LogP contribution in [0.25, 0.3) is 11.0 Å². The molecule has 1 aromatic heterocycles. The van der Waals surface area contributed by atoms with Crippen molar-refractivity contribution in [2.24, 2.45) is 0 Å². The molecule has 2 heterocycles. The van der Waals surface area contributed by atoms with Crippen molar-refractivity contribution in [3.8, 4) is 29.4 Å². The Kier molecular flexibility index (Phi) is 7.23. The quantitative estimate of drug-likeness (QED) is 0.484. The molecule has 1 amide bonds. The normalized spacial score (nSPS) is 16.1. The van der Waals surface area contributed by atoms with Gasteiger partial charge in [-0.15, -0.1) is 0 Å². The second kappa shape index (κ2) is 10.2. The Labute approximate surface area is 217 Å². The van der Waals surface area contributed by atoms with Gasteiger partial charge in [0.15, 0.2) is 17.1 Å². The molecule has 3 aromatic rings. The number of furan rings is 1. The average molecular weight is 502 g/mol. The van der Waals surface area contributed by atoms with Crippen molar-refractivity contribution in [2.75, 3.05) is 20.3 Å². The third-order valence-electron chi connectivity index (χ3n) is 5.46. The van der Waals surface area contributed by atoms with Gasteiger partial charge in [0.2, 0.25) is 0 Å². The summed E-state index contributed by atoms with van der Waals surface area (Å²) in [7, 11) is 1.62. The Hall–Kier alpha value is -3.91. The number of amides is 1. The van der Waals surface area contributed by atoms with Crippen LogP contribution in [0, 0.1) is 23.7 Å². The van der Waals surface area contributed by atoms with Crippen molar-refractivity contribution in [2.45, 2.75) is 51.5 Å². The van der Waals surface area contributed by atoms with Gasteiger partial charge >= 0.3 is 6.09 Å². The van der Waals surface area contributed by atoms with E-state index >= 15 is 0 Å². The van der Waals surface area contributed by atoms with E-state index in [0.717, 1.165) is 27.8 Å². The monoisotopic (exact) mass is 501 g/mol. The lowest BCUT2D eigenvalue weighted by Gasteiger charge is -2.41. The second-order valence-electron chi connectivity index (χ2n) is 10.3. The highest BCUT2D eigenvalue weighted by atomic mass is 16.7. The Bertz CT molecular complexity index is 1390. The van der Waals surface area contributed by atoms with Crippen molar-refractivity contribution >= 4 is 17.1 Å². The molecule has 0 spiro atoms. The molecular formula is C30H31NO6. The van der Waals surface area contributed by atoms with Crippen LogP contribution in [0.2, 0.25) is 0 Å². The zero-order valence-electron chi connectivity index (χ0n) is 22.0. The van der Waals surface area contributed by atoms with Gasteiger partial charge in [0.05, 0.1) is 20.3 Å². The average Bonchev–Trinajstić information content (AvgIpc) is 3.25. The van der Waals surface area contributed by atoms with E-state index in [4.69, 9.17) is 23.4 Å². The van der Waals surface area contributed by atoms with E-state index in [0.29, 0.717) is 5.76 Å². The third-order valence-corrected chi connectivity index (χ3v) is 5.46. The van der Waals surface area contributed by atoms with Crippen molar-refractivity contribution in [3.63, 3.8) is 0 Å². The lowest BCUT2D eigenvalue weighted by Crippen LogP contribution is -2.60. The summed E-state index contributed by atoms with van der Waals surface area (Å²) in [6.45, 7) is 9.38. The van der Waals surface area contributed by atoms with Gasteiger partial charge < -0.3 is 28.7 Å². The van der Waals surface area contributed by atoms with Crippen molar-refractivity contribution in [1.82, 2.24) is 5.32 Å². The van der Waals surface area contributed by atoms with Crippen molar-refractivity contribution in [1.29, 1.82) is 0 Å². The largest absolute Gasteiger partial charge is 0.497 e. The van der Waals surface area contributed by atoms with E-state index in [2.05, 4.69) is 29.0 Å². The smallest absolute Gasteiger partial charge is 0.409 e. The molecule has 0 atom stereocenters. The predicted octanol–water partition coefficient (Wildman–Crippen LogP) is 5.24. The zero-order chi connectivity index (χ0) is 26.7. The first-order valence-electron chi connectivity index (χ1n) is 12.0. The van der Waals surface area contributed by atoms with Gasteiger partial charge in [-0.3, -0.25) is 0 Å². The van der Waals surface area contributed by atoms with Crippen LogP contribution in [0.4, 0.5) is 4.79 Å². The molecule has 1 saturated heterocycles. The Morgan fingerprint density at radius 1 is 0.946 bits per heavy atom. The maximum absolute atomic E-state index is 12.5. The first-order chi connectivity index (χ1) is 17.4. The summed E-state index contributed by atoms with van der Waals surface area (Å²) >= 11 is 0. The summed E-state index contributed by atoms with van der Waals surface area (Å²) in [6, 6.07) is 15.1. The third kappa shape index (κ3) is 7.07. The van der Waals surface area contributed by atoms with Crippen LogP contribution in [-0.2, 0) is 14.2 Å². The number of hydrogen-bond acceptors (Lipinski definition) is 6. The molecule has 0 aliphatic carbocycles. The zero-order valence-corrected chi connectivity index (χ0v) is 22.0. The van der Waals surface area contributed by atoms with Gasteiger partial charge in [0.25, 0.3) is 0 Å². The highest BCUT2D eigenvalue weighted by Crippen LogP contribution is 2.25. The number of benzene rings is 2. The fourth-order valence-electron chi connectivity index (χ4n) is 3.51. The molecule has 1 fully saturated rings. The first-order valence-corrected chi connectivity index (χ1v) is 12.0. The molecule has 0 unspecified atom stereocenters. The SMILES string of the molecule is COc1ccc2cc(C#Cc3ccc(C#CC4(NC(=O)OC(C)(C)C)COC(C)(C)OC4)cc3)oc2c1. The highest BCUT2D eigenvalue weighted by molar-refractivity contribution is 5.80. The molecule has 7 heteroatoms. The fraction of sp³-hybridized carbons (Fsp3) is 0.367. The van der Waals surface area contributed by atoms with Crippen LogP contribution >= 0.6 is 0 Å². The van der Waals surface area contributed by atoms with Crippen LogP contribution in [-0.4, -0.2) is 43.3 Å². The maximum atomic E-state index is 12.5. The van der Waals surface area contributed by atoms with Crippen LogP contribution in [0.15, 0.2) is 52.9 Å². The minimum Gasteiger partial charge on any atom is -0.497 e. The molecule has 0 bridgehead atoms. The van der Waals surface area contributed by atoms with E-state index < -0.39 is 23.0 Å². The van der Waals surface area contributed by atoms with Crippen LogP contribution in [0.5, 0.6) is 5.75 Å². The minimum absolute atomic E-state index is 0.166. The molecule has 1 aliphatic heterocycles. The lowest BCUT2D eigenvalue weighted by atomic mass is 10.00. The predicted molar refractivity (Wildman–Crippen MR) is 140 cm³/mol. The Balaban J connectivity index is 1.49. The van der Waals surface area contributed by atoms with Gasteiger partial charge in [-0.2, -0.15) is 0 Å². The molecule has 2 aromatic carbocycles. The topological polar surface area (TPSA) is 79.2 Å². The van der Waals surface area contributed by atoms with Gasteiger partial charge in [0.1, 0.15) is 16.9 Å². The molecule has 1 N–H and O–H groups in total. The first kappa shape index (κ1) is 26.2. The van der Waals surface area contributed by atoms with Crippen LogP contribution in [0.1, 0.15) is 51.5 Å². The Morgan fingerprint density at radius 2 is 1.59 bits per heavy atom. The fourth-order valence-corrected chi connectivity index (χ4v) is 3.51. The molecule has 7 nitrogen and oxygen atoms in total. The Morgan fingerprint density at radius 3 is 2.22 bits per heavy atom. The van der Waals surface area contributed by atoms with Crippen molar-refractivity contribution < 1.29 is 28.2 Å². The molecule has 0 saturated carbocycles. The highest BCUT2D eigenvalue weighted by Gasteiger charge is 2.41. The van der Waals surface area contributed by atoms with E-state index in [9.17, 15) is 4.79 Å².